The third-order valence-electron chi connectivity index (χ3n) is 4.17. The Bertz CT molecular complexity index is 604. The Labute approximate surface area is 146 Å². The SMILES string of the molecule is CCOC(C)=O.O=C1CCC2c3cc(Cl)c(Cl)cc3CCC2N1. The maximum atomic E-state index is 11.4. The molecule has 1 saturated heterocycles. The van der Waals surface area contributed by atoms with E-state index in [2.05, 4.69) is 10.1 Å². The lowest BCUT2D eigenvalue weighted by atomic mass is 9.75. The van der Waals surface area contributed by atoms with Gasteiger partial charge >= 0.3 is 5.97 Å². The largest absolute Gasteiger partial charge is 0.466 e. The lowest BCUT2D eigenvalue weighted by Gasteiger charge is -2.37. The average molecular weight is 358 g/mol. The minimum absolute atomic E-state index is 0.176. The van der Waals surface area contributed by atoms with E-state index in [9.17, 15) is 9.59 Å². The van der Waals surface area contributed by atoms with Crippen LogP contribution < -0.4 is 5.32 Å². The summed E-state index contributed by atoms with van der Waals surface area (Å²) in [5.74, 6) is 0.374. The Balaban J connectivity index is 0.000000277. The summed E-state index contributed by atoms with van der Waals surface area (Å²) in [5.41, 5.74) is 2.56. The van der Waals surface area contributed by atoms with Crippen molar-refractivity contribution in [2.45, 2.75) is 51.5 Å². The van der Waals surface area contributed by atoms with Crippen LogP contribution in [0.15, 0.2) is 12.1 Å². The highest BCUT2D eigenvalue weighted by Gasteiger charge is 2.34. The zero-order valence-electron chi connectivity index (χ0n) is 13.3. The summed E-state index contributed by atoms with van der Waals surface area (Å²) in [6, 6.07) is 4.24. The van der Waals surface area contributed by atoms with Crippen LogP contribution in [-0.2, 0) is 20.7 Å². The summed E-state index contributed by atoms with van der Waals surface area (Å²) in [4.78, 5) is 21.2. The number of fused-ring (bicyclic) bond motifs is 3. The van der Waals surface area contributed by atoms with Gasteiger partial charge in [0, 0.05) is 25.3 Å². The molecule has 1 amide bonds. The van der Waals surface area contributed by atoms with Gasteiger partial charge in [0.05, 0.1) is 16.7 Å². The van der Waals surface area contributed by atoms with Crippen molar-refractivity contribution in [3.8, 4) is 0 Å². The standard InChI is InChI=1S/C13H13Cl2NO.C4H8O2/c14-10-5-7-1-3-12-8(2-4-13(17)16-12)9(7)6-11(10)15;1-3-6-4(2)5/h5-6,8,12H,1-4H2,(H,16,17);3H2,1-2H3. The molecule has 1 aliphatic heterocycles. The molecule has 0 bridgehead atoms. The predicted molar refractivity (Wildman–Crippen MR) is 91.0 cm³/mol. The van der Waals surface area contributed by atoms with Gasteiger partial charge in [0.15, 0.2) is 0 Å². The van der Waals surface area contributed by atoms with Crippen molar-refractivity contribution in [1.82, 2.24) is 5.32 Å². The number of hydrogen-bond donors (Lipinski definition) is 1. The van der Waals surface area contributed by atoms with Crippen molar-refractivity contribution in [2.24, 2.45) is 0 Å². The summed E-state index contributed by atoms with van der Waals surface area (Å²) in [6.07, 6.45) is 3.50. The number of ether oxygens (including phenoxy) is 1. The van der Waals surface area contributed by atoms with Crippen LogP contribution >= 0.6 is 23.2 Å². The number of hydrogen-bond acceptors (Lipinski definition) is 3. The normalized spacial score (nSPS) is 22.0. The average Bonchev–Trinajstić information content (AvgIpc) is 2.49. The van der Waals surface area contributed by atoms with Crippen LogP contribution in [0.1, 0.15) is 50.2 Å². The van der Waals surface area contributed by atoms with Crippen molar-refractivity contribution < 1.29 is 14.3 Å². The molecule has 2 unspecified atom stereocenters. The van der Waals surface area contributed by atoms with Crippen LogP contribution in [0.5, 0.6) is 0 Å². The Morgan fingerprint density at radius 3 is 2.57 bits per heavy atom. The van der Waals surface area contributed by atoms with Gasteiger partial charge in [-0.25, -0.2) is 0 Å². The van der Waals surface area contributed by atoms with E-state index in [1.165, 1.54) is 18.1 Å². The fraction of sp³-hybridized carbons (Fsp3) is 0.529. The molecule has 2 aliphatic rings. The van der Waals surface area contributed by atoms with E-state index < -0.39 is 0 Å². The number of amides is 1. The molecule has 4 nitrogen and oxygen atoms in total. The number of esters is 1. The molecule has 2 atom stereocenters. The minimum Gasteiger partial charge on any atom is -0.466 e. The second-order valence-electron chi connectivity index (χ2n) is 5.75. The molecule has 6 heteroatoms. The van der Waals surface area contributed by atoms with E-state index in [0.717, 1.165) is 19.3 Å². The Morgan fingerprint density at radius 2 is 1.96 bits per heavy atom. The first-order chi connectivity index (χ1) is 10.9. The number of rotatable bonds is 1. The Kier molecular flexibility index (Phi) is 6.31. The van der Waals surface area contributed by atoms with E-state index in [4.69, 9.17) is 23.2 Å². The lowest BCUT2D eigenvalue weighted by Crippen LogP contribution is -2.45. The van der Waals surface area contributed by atoms with Gasteiger partial charge in [0.2, 0.25) is 5.91 Å². The summed E-state index contributed by atoms with van der Waals surface area (Å²) in [7, 11) is 0. The smallest absolute Gasteiger partial charge is 0.302 e. The lowest BCUT2D eigenvalue weighted by molar-refractivity contribution is -0.140. The molecule has 1 aliphatic carbocycles. The molecule has 1 aromatic carbocycles. The van der Waals surface area contributed by atoms with Gasteiger partial charge in [-0.15, -0.1) is 0 Å². The van der Waals surface area contributed by atoms with E-state index in [1.54, 1.807) is 6.92 Å². The van der Waals surface area contributed by atoms with Gasteiger partial charge in [-0.2, -0.15) is 0 Å². The highest BCUT2D eigenvalue weighted by molar-refractivity contribution is 6.42. The summed E-state index contributed by atoms with van der Waals surface area (Å²) >= 11 is 12.1. The topological polar surface area (TPSA) is 55.4 Å². The number of piperidine rings is 1. The first-order valence-electron chi connectivity index (χ1n) is 7.83. The monoisotopic (exact) mass is 357 g/mol. The summed E-state index contributed by atoms with van der Waals surface area (Å²) in [6.45, 7) is 3.65. The molecule has 0 radical (unpaired) electrons. The van der Waals surface area contributed by atoms with Crippen LogP contribution in [0, 0.1) is 0 Å². The van der Waals surface area contributed by atoms with Crippen molar-refractivity contribution in [2.75, 3.05) is 6.61 Å². The summed E-state index contributed by atoms with van der Waals surface area (Å²) < 4.78 is 4.40. The third kappa shape index (κ3) is 4.61. The number of benzene rings is 1. The van der Waals surface area contributed by atoms with E-state index >= 15 is 0 Å². The van der Waals surface area contributed by atoms with Crippen molar-refractivity contribution in [1.29, 1.82) is 0 Å². The van der Waals surface area contributed by atoms with Crippen molar-refractivity contribution >= 4 is 35.1 Å². The highest BCUT2D eigenvalue weighted by atomic mass is 35.5. The van der Waals surface area contributed by atoms with Gasteiger partial charge in [-0.3, -0.25) is 9.59 Å². The van der Waals surface area contributed by atoms with E-state index in [0.29, 0.717) is 29.0 Å². The number of carbonyl (C=O) groups excluding carboxylic acids is 2. The van der Waals surface area contributed by atoms with E-state index in [-0.39, 0.29) is 17.9 Å². The fourth-order valence-corrected chi connectivity index (χ4v) is 3.55. The molecule has 0 aromatic heterocycles. The maximum Gasteiger partial charge on any atom is 0.302 e. The third-order valence-corrected chi connectivity index (χ3v) is 4.89. The molecule has 23 heavy (non-hydrogen) atoms. The van der Waals surface area contributed by atoms with Crippen LogP contribution in [0.4, 0.5) is 0 Å². The quantitative estimate of drug-likeness (QED) is 0.776. The fourth-order valence-electron chi connectivity index (χ4n) is 3.19. The number of halogens is 2. The van der Waals surface area contributed by atoms with Gasteiger partial charge in [0.25, 0.3) is 0 Å². The molecule has 1 aromatic rings. The molecular weight excluding hydrogens is 337 g/mol. The predicted octanol–water partition coefficient (Wildman–Crippen LogP) is 3.87. The molecule has 126 valence electrons. The number of carbonyl (C=O) groups is 2. The zero-order chi connectivity index (χ0) is 17.0. The first kappa shape index (κ1) is 18.1. The molecule has 3 rings (SSSR count). The van der Waals surface area contributed by atoms with Gasteiger partial charge in [-0.1, -0.05) is 23.2 Å². The maximum absolute atomic E-state index is 11.4. The second-order valence-corrected chi connectivity index (χ2v) is 6.56. The van der Waals surface area contributed by atoms with E-state index in [1.807, 2.05) is 12.1 Å². The van der Waals surface area contributed by atoms with Crippen LogP contribution in [0.3, 0.4) is 0 Å². The summed E-state index contributed by atoms with van der Waals surface area (Å²) in [5, 5.41) is 4.32. The Morgan fingerprint density at radius 1 is 1.26 bits per heavy atom. The van der Waals surface area contributed by atoms with Crippen LogP contribution in [0.25, 0.3) is 0 Å². The molecule has 1 fully saturated rings. The van der Waals surface area contributed by atoms with Crippen molar-refractivity contribution in [3.63, 3.8) is 0 Å². The second kappa shape index (κ2) is 8.02. The van der Waals surface area contributed by atoms with Crippen LogP contribution in [0.2, 0.25) is 10.0 Å². The molecule has 1 heterocycles. The first-order valence-corrected chi connectivity index (χ1v) is 8.58. The van der Waals surface area contributed by atoms with Crippen LogP contribution in [-0.4, -0.2) is 24.5 Å². The highest BCUT2D eigenvalue weighted by Crippen LogP contribution is 2.40. The Hall–Kier alpha value is -1.26. The zero-order valence-corrected chi connectivity index (χ0v) is 14.8. The van der Waals surface area contributed by atoms with Gasteiger partial charge in [-0.05, 0) is 49.4 Å². The molecule has 0 saturated carbocycles. The van der Waals surface area contributed by atoms with Gasteiger partial charge in [0.1, 0.15) is 0 Å². The number of nitrogens with one attached hydrogen (secondary N) is 1. The minimum atomic E-state index is -0.211. The molecule has 0 spiro atoms. The molecular formula is C17H21Cl2NO3. The molecule has 1 N–H and O–H groups in total. The van der Waals surface area contributed by atoms with Gasteiger partial charge < -0.3 is 10.1 Å². The van der Waals surface area contributed by atoms with Crippen molar-refractivity contribution in [3.05, 3.63) is 33.3 Å². The number of aryl methyl sites for hydroxylation is 1.